The second-order valence-electron chi connectivity index (χ2n) is 4.56. The molecular formula is C13H14BrFINO2. The minimum absolute atomic E-state index is 0.00538. The predicted molar refractivity (Wildman–Crippen MR) is 83.1 cm³/mol. The fraction of sp³-hybridized carbons (Fsp3) is 0.462. The first-order chi connectivity index (χ1) is 9.01. The fourth-order valence-corrected chi connectivity index (χ4v) is 3.19. The van der Waals surface area contributed by atoms with E-state index < -0.39 is 0 Å². The van der Waals surface area contributed by atoms with Gasteiger partial charge >= 0.3 is 0 Å². The van der Waals surface area contributed by atoms with E-state index in [0.717, 1.165) is 0 Å². The Kier molecular flexibility index (Phi) is 5.19. The molecule has 19 heavy (non-hydrogen) atoms. The van der Waals surface area contributed by atoms with Crippen LogP contribution in [0, 0.1) is 9.39 Å². The van der Waals surface area contributed by atoms with E-state index in [4.69, 9.17) is 4.74 Å². The lowest BCUT2D eigenvalue weighted by atomic mass is 10.1. The van der Waals surface area contributed by atoms with Crippen molar-refractivity contribution in [2.24, 2.45) is 0 Å². The molecule has 1 saturated heterocycles. The summed E-state index contributed by atoms with van der Waals surface area (Å²) < 4.78 is 19.4. The minimum Gasteiger partial charge on any atom is -0.371 e. The van der Waals surface area contributed by atoms with Crippen LogP contribution in [0.1, 0.15) is 17.3 Å². The first-order valence-corrected chi connectivity index (χ1v) is 8.17. The summed E-state index contributed by atoms with van der Waals surface area (Å²) in [6.07, 6.45) is 0.0177. The summed E-state index contributed by atoms with van der Waals surface area (Å²) in [5, 5.41) is 0.696. The molecule has 1 amide bonds. The van der Waals surface area contributed by atoms with E-state index >= 15 is 0 Å². The van der Waals surface area contributed by atoms with E-state index in [1.54, 1.807) is 11.0 Å². The normalized spacial score (nSPS) is 23.5. The highest BCUT2D eigenvalue weighted by atomic mass is 127. The topological polar surface area (TPSA) is 29.5 Å². The number of benzene rings is 1. The molecule has 0 aromatic heterocycles. The molecule has 1 aliphatic rings. The lowest BCUT2D eigenvalue weighted by molar-refractivity contribution is -0.0560. The standard InChI is InChI=1S/C13H14BrFINO2/c1-8-6-17(7-10(5-14)19-8)13(18)11-3-2-9(15)4-12(11)16/h2-4,8,10H,5-7H2,1H3. The molecule has 2 rings (SSSR count). The maximum Gasteiger partial charge on any atom is 0.255 e. The first kappa shape index (κ1) is 15.2. The molecule has 1 heterocycles. The Hall–Kier alpha value is -0.210. The van der Waals surface area contributed by atoms with Crippen LogP contribution in [0.4, 0.5) is 4.39 Å². The van der Waals surface area contributed by atoms with Gasteiger partial charge in [-0.25, -0.2) is 4.39 Å². The van der Waals surface area contributed by atoms with Crippen molar-refractivity contribution < 1.29 is 13.9 Å². The summed E-state index contributed by atoms with van der Waals surface area (Å²) in [6.45, 7) is 3.07. The third kappa shape index (κ3) is 3.66. The molecule has 0 radical (unpaired) electrons. The summed E-state index contributed by atoms with van der Waals surface area (Å²) in [5.74, 6) is -0.389. The van der Waals surface area contributed by atoms with Crippen molar-refractivity contribution in [2.45, 2.75) is 19.1 Å². The summed E-state index contributed by atoms with van der Waals surface area (Å²) in [4.78, 5) is 14.2. The van der Waals surface area contributed by atoms with Gasteiger partial charge in [0.05, 0.1) is 17.8 Å². The van der Waals surface area contributed by atoms with Gasteiger partial charge in [0.2, 0.25) is 0 Å². The Balaban J connectivity index is 2.18. The Morgan fingerprint density at radius 2 is 2.32 bits per heavy atom. The smallest absolute Gasteiger partial charge is 0.255 e. The summed E-state index contributed by atoms with van der Waals surface area (Å²) in [6, 6.07) is 4.24. The number of hydrogen-bond donors (Lipinski definition) is 0. The van der Waals surface area contributed by atoms with Crippen LogP contribution in [0.25, 0.3) is 0 Å². The fourth-order valence-electron chi connectivity index (χ4n) is 2.13. The van der Waals surface area contributed by atoms with Gasteiger partial charge in [-0.2, -0.15) is 0 Å². The van der Waals surface area contributed by atoms with Gasteiger partial charge in [0, 0.05) is 22.0 Å². The molecule has 2 atom stereocenters. The second kappa shape index (κ2) is 6.49. The number of ether oxygens (including phenoxy) is 1. The van der Waals surface area contributed by atoms with E-state index in [0.29, 0.717) is 27.6 Å². The molecule has 3 nitrogen and oxygen atoms in total. The molecule has 0 N–H and O–H groups in total. The number of rotatable bonds is 2. The molecule has 6 heteroatoms. The van der Waals surface area contributed by atoms with Crippen molar-refractivity contribution in [3.8, 4) is 0 Å². The SMILES string of the molecule is CC1CN(C(=O)c2ccc(F)cc2I)CC(CBr)O1. The van der Waals surface area contributed by atoms with Crippen LogP contribution >= 0.6 is 38.5 Å². The Morgan fingerprint density at radius 3 is 2.95 bits per heavy atom. The lowest BCUT2D eigenvalue weighted by Crippen LogP contribution is -2.49. The van der Waals surface area contributed by atoms with Crippen LogP contribution in [0.3, 0.4) is 0 Å². The number of nitrogens with zero attached hydrogens (tertiary/aromatic N) is 1. The zero-order chi connectivity index (χ0) is 14.0. The monoisotopic (exact) mass is 441 g/mol. The summed E-state index contributed by atoms with van der Waals surface area (Å²) in [5.41, 5.74) is 0.546. The van der Waals surface area contributed by atoms with Crippen LogP contribution in [0.5, 0.6) is 0 Å². The highest BCUT2D eigenvalue weighted by Gasteiger charge is 2.29. The number of carbonyl (C=O) groups excluding carboxylic acids is 1. The van der Waals surface area contributed by atoms with Crippen molar-refractivity contribution in [3.63, 3.8) is 0 Å². The minimum atomic E-state index is -0.324. The molecule has 0 aliphatic carbocycles. The number of halogens is 3. The van der Waals surface area contributed by atoms with E-state index in [1.807, 2.05) is 29.5 Å². The van der Waals surface area contributed by atoms with Crippen molar-refractivity contribution >= 4 is 44.4 Å². The third-order valence-electron chi connectivity index (χ3n) is 2.95. The van der Waals surface area contributed by atoms with Crippen LogP contribution < -0.4 is 0 Å². The quantitative estimate of drug-likeness (QED) is 0.521. The largest absolute Gasteiger partial charge is 0.371 e. The van der Waals surface area contributed by atoms with Gasteiger partial charge in [-0.3, -0.25) is 4.79 Å². The zero-order valence-corrected chi connectivity index (χ0v) is 14.1. The van der Waals surface area contributed by atoms with E-state index in [2.05, 4.69) is 15.9 Å². The van der Waals surface area contributed by atoms with Crippen LogP contribution in [0.15, 0.2) is 18.2 Å². The van der Waals surface area contributed by atoms with Gasteiger partial charge in [-0.05, 0) is 47.7 Å². The van der Waals surface area contributed by atoms with Gasteiger partial charge in [-0.1, -0.05) is 15.9 Å². The van der Waals surface area contributed by atoms with Gasteiger partial charge in [0.1, 0.15) is 5.82 Å². The molecule has 1 fully saturated rings. The van der Waals surface area contributed by atoms with E-state index in [1.165, 1.54) is 12.1 Å². The van der Waals surface area contributed by atoms with Crippen molar-refractivity contribution in [2.75, 3.05) is 18.4 Å². The third-order valence-corrected chi connectivity index (χ3v) is 4.56. The highest BCUT2D eigenvalue weighted by Crippen LogP contribution is 2.20. The summed E-state index contributed by atoms with van der Waals surface area (Å²) >= 11 is 5.37. The molecule has 0 saturated carbocycles. The molecule has 0 bridgehead atoms. The van der Waals surface area contributed by atoms with Crippen molar-refractivity contribution in [3.05, 3.63) is 33.1 Å². The van der Waals surface area contributed by atoms with Gasteiger partial charge in [-0.15, -0.1) is 0 Å². The Labute approximate surface area is 133 Å². The lowest BCUT2D eigenvalue weighted by Gasteiger charge is -2.36. The number of alkyl halides is 1. The van der Waals surface area contributed by atoms with Gasteiger partial charge < -0.3 is 9.64 Å². The van der Waals surface area contributed by atoms with E-state index in [-0.39, 0.29) is 23.9 Å². The maximum absolute atomic E-state index is 13.1. The average Bonchev–Trinajstić information content (AvgIpc) is 2.37. The van der Waals surface area contributed by atoms with Crippen LogP contribution in [-0.2, 0) is 4.74 Å². The number of amides is 1. The van der Waals surface area contributed by atoms with E-state index in [9.17, 15) is 9.18 Å². The Bertz CT molecular complexity index is 486. The number of carbonyl (C=O) groups is 1. The number of morpholine rings is 1. The highest BCUT2D eigenvalue weighted by molar-refractivity contribution is 14.1. The molecule has 104 valence electrons. The molecule has 0 spiro atoms. The van der Waals surface area contributed by atoms with Crippen LogP contribution in [0.2, 0.25) is 0 Å². The summed E-state index contributed by atoms with van der Waals surface area (Å²) in [7, 11) is 0. The molecular weight excluding hydrogens is 428 g/mol. The van der Waals surface area contributed by atoms with Gasteiger partial charge in [0.25, 0.3) is 5.91 Å². The average molecular weight is 442 g/mol. The molecule has 1 aromatic carbocycles. The molecule has 1 aromatic rings. The molecule has 1 aliphatic heterocycles. The second-order valence-corrected chi connectivity index (χ2v) is 6.37. The van der Waals surface area contributed by atoms with Gasteiger partial charge in [0.15, 0.2) is 0 Å². The van der Waals surface area contributed by atoms with Crippen molar-refractivity contribution in [1.82, 2.24) is 4.90 Å². The zero-order valence-electron chi connectivity index (χ0n) is 10.4. The first-order valence-electron chi connectivity index (χ1n) is 5.97. The predicted octanol–water partition coefficient (Wildman–Crippen LogP) is 3.05. The number of hydrogen-bond acceptors (Lipinski definition) is 2. The maximum atomic E-state index is 13.1. The molecule has 2 unspecified atom stereocenters. The van der Waals surface area contributed by atoms with Crippen molar-refractivity contribution in [1.29, 1.82) is 0 Å². The van der Waals surface area contributed by atoms with Crippen LogP contribution in [-0.4, -0.2) is 41.4 Å². The Morgan fingerprint density at radius 1 is 1.58 bits per heavy atom.